The molecule has 1 aromatic carbocycles. The second kappa shape index (κ2) is 7.15. The molecule has 0 radical (unpaired) electrons. The molecule has 0 fully saturated rings. The molecule has 1 aliphatic heterocycles. The molecule has 6 heteroatoms. The molecule has 3 heterocycles. The molecule has 1 amide bonds. The molecule has 2 aromatic heterocycles. The number of hydrogen-bond acceptors (Lipinski definition) is 4. The first-order chi connectivity index (χ1) is 12.7. The van der Waals surface area contributed by atoms with Crippen molar-refractivity contribution in [2.45, 2.75) is 32.2 Å². The van der Waals surface area contributed by atoms with E-state index in [0.29, 0.717) is 13.0 Å². The Kier molecular flexibility index (Phi) is 4.56. The average molecular weight is 349 g/mol. The molecule has 0 unspecified atom stereocenters. The third-order valence-corrected chi connectivity index (χ3v) is 5.06. The van der Waals surface area contributed by atoms with Crippen LogP contribution in [0.4, 0.5) is 5.82 Å². The van der Waals surface area contributed by atoms with Crippen LogP contribution in [0.2, 0.25) is 0 Å². The molecule has 6 nitrogen and oxygen atoms in total. The second-order valence-corrected chi connectivity index (χ2v) is 6.73. The first kappa shape index (κ1) is 16.6. The summed E-state index contributed by atoms with van der Waals surface area (Å²) in [4.78, 5) is 17.9. The molecule has 134 valence electrons. The van der Waals surface area contributed by atoms with E-state index in [9.17, 15) is 4.79 Å². The van der Waals surface area contributed by atoms with Gasteiger partial charge in [0, 0.05) is 50.1 Å². The fraction of sp³-hybridized carbons (Fsp3) is 0.350. The van der Waals surface area contributed by atoms with Gasteiger partial charge in [-0.3, -0.25) is 4.79 Å². The Labute approximate surface area is 152 Å². The van der Waals surface area contributed by atoms with Gasteiger partial charge in [0.2, 0.25) is 5.91 Å². The first-order valence-corrected chi connectivity index (χ1v) is 9.10. The SMILES string of the molecule is CNc1cc2c(nn1)CCN(C(=O)CCCc1c[nH]c3ccccc13)C2. The molecule has 0 saturated carbocycles. The summed E-state index contributed by atoms with van der Waals surface area (Å²) in [6.07, 6.45) is 5.19. The largest absolute Gasteiger partial charge is 0.372 e. The maximum absolute atomic E-state index is 12.6. The summed E-state index contributed by atoms with van der Waals surface area (Å²) in [6.45, 7) is 1.36. The van der Waals surface area contributed by atoms with Crippen molar-refractivity contribution in [3.05, 3.63) is 53.3 Å². The van der Waals surface area contributed by atoms with Gasteiger partial charge in [-0.25, -0.2) is 0 Å². The Hall–Kier alpha value is -2.89. The number of aromatic amines is 1. The number of fused-ring (bicyclic) bond motifs is 2. The van der Waals surface area contributed by atoms with E-state index in [-0.39, 0.29) is 5.91 Å². The van der Waals surface area contributed by atoms with Crippen molar-refractivity contribution in [2.24, 2.45) is 0 Å². The van der Waals surface area contributed by atoms with Gasteiger partial charge in [0.1, 0.15) is 5.82 Å². The van der Waals surface area contributed by atoms with Gasteiger partial charge in [-0.1, -0.05) is 18.2 Å². The number of benzene rings is 1. The van der Waals surface area contributed by atoms with Crippen LogP contribution in [0.3, 0.4) is 0 Å². The van der Waals surface area contributed by atoms with Gasteiger partial charge >= 0.3 is 0 Å². The maximum Gasteiger partial charge on any atom is 0.222 e. The first-order valence-electron chi connectivity index (χ1n) is 9.10. The van der Waals surface area contributed by atoms with Crippen LogP contribution >= 0.6 is 0 Å². The van der Waals surface area contributed by atoms with E-state index in [1.807, 2.05) is 24.1 Å². The third-order valence-electron chi connectivity index (χ3n) is 5.06. The van der Waals surface area contributed by atoms with Crippen molar-refractivity contribution < 1.29 is 4.79 Å². The zero-order chi connectivity index (χ0) is 17.9. The van der Waals surface area contributed by atoms with E-state index in [1.54, 1.807) is 0 Å². The Morgan fingerprint density at radius 1 is 1.31 bits per heavy atom. The van der Waals surface area contributed by atoms with Crippen LogP contribution in [0.5, 0.6) is 0 Å². The number of aryl methyl sites for hydroxylation is 1. The number of anilines is 1. The van der Waals surface area contributed by atoms with E-state index in [0.717, 1.165) is 48.4 Å². The van der Waals surface area contributed by atoms with Crippen LogP contribution in [0.15, 0.2) is 36.5 Å². The van der Waals surface area contributed by atoms with E-state index < -0.39 is 0 Å². The smallest absolute Gasteiger partial charge is 0.222 e. The van der Waals surface area contributed by atoms with Gasteiger partial charge in [0.15, 0.2) is 0 Å². The summed E-state index contributed by atoms with van der Waals surface area (Å²) in [5.74, 6) is 0.968. The number of rotatable bonds is 5. The quantitative estimate of drug-likeness (QED) is 0.743. The van der Waals surface area contributed by atoms with Crippen LogP contribution in [0.1, 0.15) is 29.7 Å². The number of para-hydroxylation sites is 1. The van der Waals surface area contributed by atoms with Crippen molar-refractivity contribution in [1.29, 1.82) is 0 Å². The highest BCUT2D eigenvalue weighted by Gasteiger charge is 2.22. The zero-order valence-electron chi connectivity index (χ0n) is 15.0. The Balaban J connectivity index is 1.35. The van der Waals surface area contributed by atoms with Crippen molar-refractivity contribution in [3.63, 3.8) is 0 Å². The summed E-state index contributed by atoms with van der Waals surface area (Å²) in [7, 11) is 1.83. The number of carbonyl (C=O) groups is 1. The minimum atomic E-state index is 0.221. The van der Waals surface area contributed by atoms with Crippen LogP contribution in [-0.2, 0) is 24.2 Å². The molecule has 3 aromatic rings. The highest BCUT2D eigenvalue weighted by atomic mass is 16.2. The fourth-order valence-corrected chi connectivity index (χ4v) is 3.59. The number of carbonyl (C=O) groups excluding carboxylic acids is 1. The summed E-state index contributed by atoms with van der Waals surface area (Å²) >= 11 is 0. The second-order valence-electron chi connectivity index (χ2n) is 6.73. The lowest BCUT2D eigenvalue weighted by Gasteiger charge is -2.28. The van der Waals surface area contributed by atoms with Gasteiger partial charge in [-0.05, 0) is 36.1 Å². The molecule has 4 rings (SSSR count). The molecule has 26 heavy (non-hydrogen) atoms. The fourth-order valence-electron chi connectivity index (χ4n) is 3.59. The summed E-state index contributed by atoms with van der Waals surface area (Å²) < 4.78 is 0. The van der Waals surface area contributed by atoms with E-state index in [2.05, 4.69) is 44.9 Å². The molecule has 0 bridgehead atoms. The maximum atomic E-state index is 12.6. The average Bonchev–Trinajstić information content (AvgIpc) is 3.10. The van der Waals surface area contributed by atoms with Crippen LogP contribution in [0, 0.1) is 0 Å². The molecule has 2 N–H and O–H groups in total. The lowest BCUT2D eigenvalue weighted by atomic mass is 10.0. The molecule has 0 aliphatic carbocycles. The van der Waals surface area contributed by atoms with Gasteiger partial charge < -0.3 is 15.2 Å². The van der Waals surface area contributed by atoms with Crippen molar-refractivity contribution in [2.75, 3.05) is 18.9 Å². The molecule has 0 spiro atoms. The van der Waals surface area contributed by atoms with Gasteiger partial charge in [0.05, 0.1) is 5.69 Å². The minimum Gasteiger partial charge on any atom is -0.372 e. The summed E-state index contributed by atoms with van der Waals surface area (Å²) in [5.41, 5.74) is 4.54. The number of hydrogen-bond donors (Lipinski definition) is 2. The number of nitrogens with zero attached hydrogens (tertiary/aromatic N) is 3. The van der Waals surface area contributed by atoms with Crippen LogP contribution in [0.25, 0.3) is 10.9 Å². The zero-order valence-corrected chi connectivity index (χ0v) is 15.0. The van der Waals surface area contributed by atoms with Gasteiger partial charge in [0.25, 0.3) is 0 Å². The predicted octanol–water partition coefficient (Wildman–Crippen LogP) is 2.91. The van der Waals surface area contributed by atoms with Gasteiger partial charge in [-0.2, -0.15) is 5.10 Å². The number of aromatic nitrogens is 3. The number of nitrogens with one attached hydrogen (secondary N) is 2. The number of H-pyrrole nitrogens is 1. The highest BCUT2D eigenvalue weighted by molar-refractivity contribution is 5.83. The standard InChI is InChI=1S/C20H23N5O/c1-21-19-11-15-13-25(10-9-17(15)23-24-19)20(26)8-4-5-14-12-22-18-7-3-2-6-16(14)18/h2-3,6-7,11-12,22H,4-5,8-10,13H2,1H3,(H,21,24). The summed E-state index contributed by atoms with van der Waals surface area (Å²) in [6, 6.07) is 10.3. The van der Waals surface area contributed by atoms with E-state index in [4.69, 9.17) is 0 Å². The predicted molar refractivity (Wildman–Crippen MR) is 102 cm³/mol. The monoisotopic (exact) mass is 349 g/mol. The molecule has 1 aliphatic rings. The van der Waals surface area contributed by atoms with Crippen molar-refractivity contribution in [1.82, 2.24) is 20.1 Å². The lowest BCUT2D eigenvalue weighted by molar-refractivity contribution is -0.132. The van der Waals surface area contributed by atoms with Gasteiger partial charge in [-0.15, -0.1) is 5.10 Å². The Morgan fingerprint density at radius 3 is 3.08 bits per heavy atom. The molecular weight excluding hydrogens is 326 g/mol. The van der Waals surface area contributed by atoms with E-state index in [1.165, 1.54) is 10.9 Å². The highest BCUT2D eigenvalue weighted by Crippen LogP contribution is 2.22. The minimum absolute atomic E-state index is 0.221. The topological polar surface area (TPSA) is 73.9 Å². The Bertz CT molecular complexity index is 933. The van der Waals surface area contributed by atoms with Crippen molar-refractivity contribution in [3.8, 4) is 0 Å². The normalized spacial score (nSPS) is 13.7. The Morgan fingerprint density at radius 2 is 2.19 bits per heavy atom. The van der Waals surface area contributed by atoms with E-state index >= 15 is 0 Å². The summed E-state index contributed by atoms with van der Waals surface area (Å²) in [5, 5.41) is 12.6. The molecule has 0 atom stereocenters. The molecular formula is C20H23N5O. The van der Waals surface area contributed by atoms with Crippen LogP contribution in [-0.4, -0.2) is 39.6 Å². The van der Waals surface area contributed by atoms with Crippen LogP contribution < -0.4 is 5.32 Å². The molecule has 0 saturated heterocycles. The third kappa shape index (κ3) is 3.27. The lowest BCUT2D eigenvalue weighted by Crippen LogP contribution is -2.36. The number of amides is 1. The van der Waals surface area contributed by atoms with Crippen molar-refractivity contribution >= 4 is 22.6 Å².